The van der Waals surface area contributed by atoms with E-state index >= 15 is 0 Å². The second kappa shape index (κ2) is 2.99. The highest BCUT2D eigenvalue weighted by atomic mass is 16.7. The molecule has 0 aromatic heterocycles. The van der Waals surface area contributed by atoms with Crippen molar-refractivity contribution < 1.29 is 9.63 Å². The predicted molar refractivity (Wildman–Crippen MR) is 20.9 cm³/mol. The Kier molecular flexibility index (Phi) is 2.47. The number of carbonyl (C=O) groups is 1. The fraction of sp³-hybridized carbons (Fsp3) is 0.500. The molecule has 0 saturated carbocycles. The first kappa shape index (κ1) is 5.78. The van der Waals surface area contributed by atoms with Gasteiger partial charge in [0.1, 0.15) is 5.28 Å². The number of hydrogen-bond donors (Lipinski definition) is 0. The zero-order valence-electron chi connectivity index (χ0n) is 3.66. The average Bonchev–Trinajstić information content (AvgIpc) is 1.61. The minimum absolute atomic E-state index is 0.613. The molecule has 0 aliphatic carbocycles. The van der Waals surface area contributed by atoms with Crippen LogP contribution in [-0.4, -0.2) is 5.97 Å². The van der Waals surface area contributed by atoms with Crippen LogP contribution < -0.4 is 0 Å². The quantitative estimate of drug-likeness (QED) is 0.212. The van der Waals surface area contributed by atoms with Gasteiger partial charge in [-0.25, -0.2) is 0 Å². The summed E-state index contributed by atoms with van der Waals surface area (Å²) in [6.07, 6.45) is 0. The normalized spacial score (nSPS) is 6.43. The van der Waals surface area contributed by atoms with E-state index in [0.29, 0.717) is 0 Å². The van der Waals surface area contributed by atoms with Crippen LogP contribution in [0.5, 0.6) is 0 Å². The molecule has 0 heterocycles. The monoisotopic (exact) mass is 101 g/mol. The third-order valence-electron chi connectivity index (χ3n) is 0.206. The molecule has 0 atom stereocenters. The average molecular weight is 101 g/mol. The highest BCUT2D eigenvalue weighted by Crippen LogP contribution is 1.74. The standard InChI is InChI=1S/C2H3N3O2/c1-2(6)7-5-4-3/h1H3. The summed E-state index contributed by atoms with van der Waals surface area (Å²) >= 11 is 0. The first-order chi connectivity index (χ1) is 3.27. The molecular formula is C2H3N3O2. The molecular weight excluding hydrogens is 98.0 g/mol. The molecule has 5 heteroatoms. The molecule has 0 saturated heterocycles. The molecule has 0 N–H and O–H groups in total. The fourth-order valence-corrected chi connectivity index (χ4v) is 0.0757. The van der Waals surface area contributed by atoms with Crippen molar-refractivity contribution in [1.82, 2.24) is 0 Å². The maximum Gasteiger partial charge on any atom is 0.314 e. The Morgan fingerprint density at radius 3 is 2.71 bits per heavy atom. The van der Waals surface area contributed by atoms with E-state index in [1.54, 1.807) is 0 Å². The van der Waals surface area contributed by atoms with Crippen molar-refractivity contribution in [3.05, 3.63) is 10.4 Å². The van der Waals surface area contributed by atoms with E-state index < -0.39 is 5.97 Å². The lowest BCUT2D eigenvalue weighted by atomic mass is 10.8. The van der Waals surface area contributed by atoms with Gasteiger partial charge in [0.25, 0.3) is 0 Å². The van der Waals surface area contributed by atoms with Crippen LogP contribution in [0.1, 0.15) is 6.92 Å². The van der Waals surface area contributed by atoms with Gasteiger partial charge < -0.3 is 4.84 Å². The number of nitrogens with zero attached hydrogens (tertiary/aromatic N) is 3. The summed E-state index contributed by atoms with van der Waals surface area (Å²) in [5, 5.41) is 2.50. The van der Waals surface area contributed by atoms with Crippen LogP contribution in [0.25, 0.3) is 10.4 Å². The maximum atomic E-state index is 9.72. The Labute approximate surface area is 39.5 Å². The summed E-state index contributed by atoms with van der Waals surface area (Å²) in [7, 11) is 0. The van der Waals surface area contributed by atoms with Crippen LogP contribution in [0.2, 0.25) is 0 Å². The first-order valence-corrected chi connectivity index (χ1v) is 1.49. The third kappa shape index (κ3) is 4.78. The Hall–Kier alpha value is -1.22. The molecule has 0 fully saturated rings. The third-order valence-corrected chi connectivity index (χ3v) is 0.206. The van der Waals surface area contributed by atoms with E-state index in [-0.39, 0.29) is 0 Å². The molecule has 0 aromatic carbocycles. The molecule has 0 radical (unpaired) electrons. The number of rotatable bonds is 1. The van der Waals surface area contributed by atoms with Crippen LogP contribution in [-0.2, 0) is 9.63 Å². The van der Waals surface area contributed by atoms with Gasteiger partial charge in [-0.1, -0.05) is 0 Å². The van der Waals surface area contributed by atoms with Crippen LogP contribution in [0, 0.1) is 0 Å². The molecule has 0 aromatic rings. The van der Waals surface area contributed by atoms with Crippen LogP contribution in [0.3, 0.4) is 0 Å². The van der Waals surface area contributed by atoms with E-state index in [9.17, 15) is 4.79 Å². The van der Waals surface area contributed by atoms with E-state index in [0.717, 1.165) is 6.92 Å². The van der Waals surface area contributed by atoms with Gasteiger partial charge in [0.05, 0.1) is 0 Å². The SMILES string of the molecule is CC(=O)ON=[N+]=[N-]. The molecule has 0 amide bonds. The summed E-state index contributed by atoms with van der Waals surface area (Å²) in [6, 6.07) is 0. The molecule has 0 rings (SSSR count). The minimum atomic E-state index is -0.613. The maximum absolute atomic E-state index is 9.72. The Morgan fingerprint density at radius 2 is 2.57 bits per heavy atom. The lowest BCUT2D eigenvalue weighted by Gasteiger charge is -1.79. The summed E-state index contributed by atoms with van der Waals surface area (Å²) in [4.78, 5) is 15.6. The second-order valence-electron chi connectivity index (χ2n) is 0.754. The van der Waals surface area contributed by atoms with Crippen LogP contribution in [0.4, 0.5) is 0 Å². The zero-order valence-corrected chi connectivity index (χ0v) is 3.66. The number of azide groups is 1. The Morgan fingerprint density at radius 1 is 2.00 bits per heavy atom. The van der Waals surface area contributed by atoms with Crippen molar-refractivity contribution in [1.29, 1.82) is 0 Å². The van der Waals surface area contributed by atoms with Gasteiger partial charge in [0.15, 0.2) is 0 Å². The summed E-state index contributed by atoms with van der Waals surface area (Å²) in [5.74, 6) is -0.613. The molecule has 7 heavy (non-hydrogen) atoms. The van der Waals surface area contributed by atoms with E-state index in [2.05, 4.69) is 15.0 Å². The summed E-state index contributed by atoms with van der Waals surface area (Å²) < 4.78 is 0. The topological polar surface area (TPSA) is 75.1 Å². The van der Waals surface area contributed by atoms with Gasteiger partial charge in [-0.05, 0) is 5.53 Å². The van der Waals surface area contributed by atoms with Crippen molar-refractivity contribution in [3.63, 3.8) is 0 Å². The van der Waals surface area contributed by atoms with E-state index in [1.807, 2.05) is 0 Å². The first-order valence-electron chi connectivity index (χ1n) is 1.49. The fourth-order valence-electron chi connectivity index (χ4n) is 0.0757. The highest BCUT2D eigenvalue weighted by molar-refractivity contribution is 5.65. The van der Waals surface area contributed by atoms with Gasteiger partial charge in [-0.2, -0.15) is 0 Å². The van der Waals surface area contributed by atoms with Crippen molar-refractivity contribution in [3.8, 4) is 0 Å². The lowest BCUT2D eigenvalue weighted by molar-refractivity contribution is -0.141. The molecule has 0 aliphatic rings. The highest BCUT2D eigenvalue weighted by Gasteiger charge is 1.82. The minimum Gasteiger partial charge on any atom is -0.359 e. The van der Waals surface area contributed by atoms with Crippen molar-refractivity contribution in [2.24, 2.45) is 5.28 Å². The number of hydrogen-bond acceptors (Lipinski definition) is 3. The lowest BCUT2D eigenvalue weighted by Crippen LogP contribution is -1.87. The Balaban J connectivity index is 3.32. The Bertz CT molecular complexity index is 114. The second-order valence-corrected chi connectivity index (χ2v) is 0.754. The predicted octanol–water partition coefficient (Wildman–Crippen LogP) is 0.775. The molecule has 0 aliphatic heterocycles. The van der Waals surface area contributed by atoms with Crippen molar-refractivity contribution in [2.75, 3.05) is 0 Å². The van der Waals surface area contributed by atoms with Gasteiger partial charge in [-0.3, -0.25) is 4.79 Å². The van der Waals surface area contributed by atoms with E-state index in [4.69, 9.17) is 5.53 Å². The summed E-state index contributed by atoms with van der Waals surface area (Å²) in [5.41, 5.74) is 7.50. The molecule has 0 bridgehead atoms. The van der Waals surface area contributed by atoms with E-state index in [1.165, 1.54) is 0 Å². The van der Waals surface area contributed by atoms with Crippen molar-refractivity contribution >= 4 is 5.97 Å². The van der Waals surface area contributed by atoms with Gasteiger partial charge in [0, 0.05) is 11.8 Å². The zero-order chi connectivity index (χ0) is 5.70. The van der Waals surface area contributed by atoms with Crippen molar-refractivity contribution in [2.45, 2.75) is 6.92 Å². The van der Waals surface area contributed by atoms with Gasteiger partial charge in [-0.15, -0.1) is 0 Å². The summed E-state index contributed by atoms with van der Waals surface area (Å²) in [6.45, 7) is 1.15. The molecule has 5 nitrogen and oxygen atoms in total. The van der Waals surface area contributed by atoms with Crippen LogP contribution >= 0.6 is 0 Å². The van der Waals surface area contributed by atoms with Gasteiger partial charge >= 0.3 is 5.97 Å². The van der Waals surface area contributed by atoms with Gasteiger partial charge in [0.2, 0.25) is 0 Å². The molecule has 38 valence electrons. The molecule has 0 unspecified atom stereocenters. The largest absolute Gasteiger partial charge is 0.359 e. The number of carbonyl (C=O) groups excluding carboxylic acids is 1. The smallest absolute Gasteiger partial charge is 0.314 e. The molecule has 0 spiro atoms. The van der Waals surface area contributed by atoms with Crippen LogP contribution in [0.15, 0.2) is 5.28 Å².